The highest BCUT2D eigenvalue weighted by atomic mass is 15.6. The van der Waals surface area contributed by atoms with Gasteiger partial charge in [-0.2, -0.15) is 0 Å². The maximum absolute atomic E-state index is 4.05. The summed E-state index contributed by atoms with van der Waals surface area (Å²) in [5.41, 5.74) is 5.35. The monoisotopic (exact) mass is 203 g/mol. The number of rotatable bonds is 1. The van der Waals surface area contributed by atoms with E-state index < -0.39 is 0 Å². The predicted molar refractivity (Wildman–Crippen MR) is 60.5 cm³/mol. The lowest BCUT2D eigenvalue weighted by Gasteiger charge is -2.26. The molecule has 1 N–H and O–H groups in total. The van der Waals surface area contributed by atoms with Gasteiger partial charge in [0, 0.05) is 24.5 Å². The summed E-state index contributed by atoms with van der Waals surface area (Å²) in [7, 11) is 0. The van der Waals surface area contributed by atoms with E-state index in [2.05, 4.69) is 27.6 Å². The van der Waals surface area contributed by atoms with Gasteiger partial charge in [-0.05, 0) is 31.4 Å². The Balaban J connectivity index is 1.76. The average molecular weight is 203 g/mol. The van der Waals surface area contributed by atoms with Crippen molar-refractivity contribution >= 4 is 5.69 Å². The summed E-state index contributed by atoms with van der Waals surface area (Å²) in [5, 5.41) is 2.28. The Morgan fingerprint density at radius 2 is 1.87 bits per heavy atom. The van der Waals surface area contributed by atoms with Gasteiger partial charge in [0.15, 0.2) is 0 Å². The van der Waals surface area contributed by atoms with Crippen LogP contribution in [-0.2, 0) is 0 Å². The van der Waals surface area contributed by atoms with Gasteiger partial charge in [0.2, 0.25) is 0 Å². The molecule has 2 fully saturated rings. The van der Waals surface area contributed by atoms with E-state index in [1.807, 2.05) is 12.4 Å². The Labute approximate surface area is 90.5 Å². The molecule has 2 aliphatic rings. The molecule has 1 aromatic rings. The molecule has 1 saturated heterocycles. The molecule has 1 aromatic heterocycles. The lowest BCUT2D eigenvalue weighted by atomic mass is 9.96. The zero-order chi connectivity index (χ0) is 10.1. The van der Waals surface area contributed by atoms with Crippen molar-refractivity contribution in [2.75, 3.05) is 11.6 Å². The van der Waals surface area contributed by atoms with Crippen molar-refractivity contribution < 1.29 is 0 Å². The second-order valence-corrected chi connectivity index (χ2v) is 4.71. The Morgan fingerprint density at radius 3 is 2.60 bits per heavy atom. The van der Waals surface area contributed by atoms with Gasteiger partial charge in [-0.25, -0.2) is 5.43 Å². The summed E-state index contributed by atoms with van der Waals surface area (Å²) in [6.07, 6.45) is 10.5. The zero-order valence-corrected chi connectivity index (χ0v) is 8.95. The van der Waals surface area contributed by atoms with E-state index in [1.165, 1.54) is 37.8 Å². The number of hydrogen-bond acceptors (Lipinski definition) is 3. The number of aromatic nitrogens is 1. The smallest absolute Gasteiger partial charge is 0.0550 e. The van der Waals surface area contributed by atoms with Gasteiger partial charge < -0.3 is 5.01 Å². The van der Waals surface area contributed by atoms with Crippen LogP contribution in [0.4, 0.5) is 5.69 Å². The lowest BCUT2D eigenvalue weighted by Crippen LogP contribution is -2.43. The average Bonchev–Trinajstić information content (AvgIpc) is 2.91. The van der Waals surface area contributed by atoms with Crippen LogP contribution in [0.15, 0.2) is 24.5 Å². The molecule has 3 rings (SSSR count). The van der Waals surface area contributed by atoms with Crippen molar-refractivity contribution in [3.8, 4) is 0 Å². The van der Waals surface area contributed by atoms with Crippen molar-refractivity contribution in [2.45, 2.75) is 37.6 Å². The van der Waals surface area contributed by atoms with Crippen molar-refractivity contribution in [3.63, 3.8) is 0 Å². The third-order valence-electron chi connectivity index (χ3n) is 3.72. The molecular formula is C12H17N3. The van der Waals surface area contributed by atoms with E-state index in [-0.39, 0.29) is 0 Å². The van der Waals surface area contributed by atoms with Crippen molar-refractivity contribution in [1.29, 1.82) is 0 Å². The lowest BCUT2D eigenvalue weighted by molar-refractivity contribution is 0.383. The molecule has 1 aliphatic carbocycles. The minimum absolute atomic E-state index is 0.420. The van der Waals surface area contributed by atoms with Gasteiger partial charge in [-0.3, -0.25) is 4.98 Å². The number of pyridine rings is 1. The summed E-state index contributed by atoms with van der Waals surface area (Å²) < 4.78 is 0. The zero-order valence-electron chi connectivity index (χ0n) is 8.95. The van der Waals surface area contributed by atoms with Crippen molar-refractivity contribution in [2.24, 2.45) is 0 Å². The molecule has 15 heavy (non-hydrogen) atoms. The summed E-state index contributed by atoms with van der Waals surface area (Å²) in [4.78, 5) is 4.05. The van der Waals surface area contributed by atoms with Crippen LogP contribution in [0.3, 0.4) is 0 Å². The van der Waals surface area contributed by atoms with E-state index in [9.17, 15) is 0 Å². The SMILES string of the molecule is c1cc(N2CCC3(CCCC3)N2)ccn1. The fourth-order valence-corrected chi connectivity index (χ4v) is 2.86. The summed E-state index contributed by atoms with van der Waals surface area (Å²) in [5.74, 6) is 0. The third kappa shape index (κ3) is 1.61. The minimum Gasteiger partial charge on any atom is -0.308 e. The van der Waals surface area contributed by atoms with E-state index >= 15 is 0 Å². The summed E-state index contributed by atoms with van der Waals surface area (Å²) in [6, 6.07) is 4.14. The summed E-state index contributed by atoms with van der Waals surface area (Å²) in [6.45, 7) is 1.13. The van der Waals surface area contributed by atoms with Crippen LogP contribution in [-0.4, -0.2) is 17.1 Å². The minimum atomic E-state index is 0.420. The number of nitrogens with zero attached hydrogens (tertiary/aromatic N) is 2. The predicted octanol–water partition coefficient (Wildman–Crippen LogP) is 2.11. The quantitative estimate of drug-likeness (QED) is 0.757. The van der Waals surface area contributed by atoms with Crippen LogP contribution in [0, 0.1) is 0 Å². The van der Waals surface area contributed by atoms with Crippen molar-refractivity contribution in [3.05, 3.63) is 24.5 Å². The molecule has 0 atom stereocenters. The van der Waals surface area contributed by atoms with Gasteiger partial charge in [0.1, 0.15) is 0 Å². The maximum Gasteiger partial charge on any atom is 0.0550 e. The molecule has 0 radical (unpaired) electrons. The van der Waals surface area contributed by atoms with E-state index in [1.54, 1.807) is 0 Å². The van der Waals surface area contributed by atoms with Crippen LogP contribution in [0.2, 0.25) is 0 Å². The Bertz CT molecular complexity index is 330. The number of anilines is 1. The number of nitrogens with one attached hydrogen (secondary N) is 1. The molecule has 0 aromatic carbocycles. The third-order valence-corrected chi connectivity index (χ3v) is 3.72. The number of hydrazine groups is 1. The van der Waals surface area contributed by atoms with Crippen LogP contribution < -0.4 is 10.4 Å². The van der Waals surface area contributed by atoms with E-state index in [4.69, 9.17) is 0 Å². The fourth-order valence-electron chi connectivity index (χ4n) is 2.86. The van der Waals surface area contributed by atoms with Gasteiger partial charge in [0.05, 0.1) is 5.69 Å². The highest BCUT2D eigenvalue weighted by Gasteiger charge is 2.39. The molecule has 1 spiro atoms. The maximum atomic E-state index is 4.05. The Hall–Kier alpha value is -1.09. The summed E-state index contributed by atoms with van der Waals surface area (Å²) >= 11 is 0. The topological polar surface area (TPSA) is 28.2 Å². The molecule has 3 nitrogen and oxygen atoms in total. The molecule has 1 aliphatic heterocycles. The molecule has 3 heteroatoms. The normalized spacial score (nSPS) is 23.9. The van der Waals surface area contributed by atoms with E-state index in [0.717, 1.165) is 6.54 Å². The second-order valence-electron chi connectivity index (χ2n) is 4.71. The van der Waals surface area contributed by atoms with Crippen LogP contribution in [0.25, 0.3) is 0 Å². The van der Waals surface area contributed by atoms with Gasteiger partial charge in [0.25, 0.3) is 0 Å². The van der Waals surface area contributed by atoms with Crippen LogP contribution in [0.5, 0.6) is 0 Å². The van der Waals surface area contributed by atoms with Crippen molar-refractivity contribution in [1.82, 2.24) is 10.4 Å². The van der Waals surface area contributed by atoms with E-state index in [0.29, 0.717) is 5.54 Å². The Kier molecular flexibility index (Phi) is 2.13. The van der Waals surface area contributed by atoms with Gasteiger partial charge in [-0.1, -0.05) is 12.8 Å². The highest BCUT2D eigenvalue weighted by Crippen LogP contribution is 2.37. The number of hydrogen-bond donors (Lipinski definition) is 1. The van der Waals surface area contributed by atoms with Crippen LogP contribution in [0.1, 0.15) is 32.1 Å². The van der Waals surface area contributed by atoms with Gasteiger partial charge >= 0.3 is 0 Å². The first-order valence-electron chi connectivity index (χ1n) is 5.83. The largest absolute Gasteiger partial charge is 0.308 e. The molecule has 2 heterocycles. The highest BCUT2D eigenvalue weighted by molar-refractivity contribution is 5.44. The van der Waals surface area contributed by atoms with Crippen LogP contribution >= 0.6 is 0 Å². The first-order chi connectivity index (χ1) is 7.38. The molecule has 1 saturated carbocycles. The first-order valence-corrected chi connectivity index (χ1v) is 5.83. The molecule has 0 unspecified atom stereocenters. The Morgan fingerprint density at radius 1 is 1.13 bits per heavy atom. The fraction of sp³-hybridized carbons (Fsp3) is 0.583. The second kappa shape index (κ2) is 3.49. The standard InChI is InChI=1S/C12H17N3/c1-2-6-12(5-1)7-10-15(14-12)11-3-8-13-9-4-11/h3-4,8-9,14H,1-2,5-7,10H2. The molecule has 0 amide bonds. The molecular weight excluding hydrogens is 186 g/mol. The molecule has 0 bridgehead atoms. The molecule has 80 valence electrons. The van der Waals surface area contributed by atoms with Gasteiger partial charge in [-0.15, -0.1) is 0 Å². The first kappa shape index (κ1) is 9.16.